The third kappa shape index (κ3) is 11.0. The molecule has 0 fully saturated rings. The third-order valence-electron chi connectivity index (χ3n) is 0.883. The Morgan fingerprint density at radius 2 is 1.00 bits per heavy atom. The van der Waals surface area contributed by atoms with Gasteiger partial charge in [0.2, 0.25) is 0 Å². The minimum absolute atomic E-state index is 0. The Hall–Kier alpha value is 0.103. The van der Waals surface area contributed by atoms with Crippen molar-refractivity contribution in [1.82, 2.24) is 0 Å². The molecule has 0 saturated carbocycles. The van der Waals surface area contributed by atoms with Gasteiger partial charge in [-0.15, -0.1) is 0 Å². The summed E-state index contributed by atoms with van der Waals surface area (Å²) in [5.74, 6) is 0. The van der Waals surface area contributed by atoms with Crippen LogP contribution in [0.4, 0.5) is 0 Å². The Morgan fingerprint density at radius 1 is 0.700 bits per heavy atom. The maximum atomic E-state index is 2.18. The summed E-state index contributed by atoms with van der Waals surface area (Å²) in [4.78, 5) is 0. The molecule has 0 spiro atoms. The zero-order valence-electron chi connectivity index (χ0n) is 7.08. The van der Waals surface area contributed by atoms with Gasteiger partial charge in [0, 0.05) is 0 Å². The largest absolute Gasteiger partial charge is 3.00 e. The van der Waals surface area contributed by atoms with E-state index in [0.29, 0.717) is 0 Å². The molecule has 0 atom stereocenters. The first-order valence-corrected chi connectivity index (χ1v) is 2.32. The molecule has 1 heteroatoms. The van der Waals surface area contributed by atoms with E-state index in [9.17, 15) is 0 Å². The van der Waals surface area contributed by atoms with Gasteiger partial charge in [-0.25, -0.2) is 0 Å². The van der Waals surface area contributed by atoms with Gasteiger partial charge >= 0.3 is 19.5 Å². The molecular formula is C9H17Ru. The van der Waals surface area contributed by atoms with Gasteiger partial charge in [-0.1, -0.05) is 24.3 Å². The van der Waals surface area contributed by atoms with Crippen LogP contribution in [-0.4, -0.2) is 0 Å². The summed E-state index contributed by atoms with van der Waals surface area (Å²) >= 11 is 0. The molecule has 0 aromatic rings. The number of rotatable bonds is 0. The second kappa shape index (κ2) is 16.0. The zero-order valence-corrected chi connectivity index (χ0v) is 8.82. The molecular weight excluding hydrogens is 209 g/mol. The van der Waals surface area contributed by atoms with Crippen molar-refractivity contribution < 1.29 is 19.5 Å². The Bertz CT molecular complexity index is 70.7. The third-order valence-corrected chi connectivity index (χ3v) is 0.883. The average molecular weight is 226 g/mol. The van der Waals surface area contributed by atoms with Crippen molar-refractivity contribution in [2.24, 2.45) is 0 Å². The van der Waals surface area contributed by atoms with Crippen molar-refractivity contribution in [1.29, 1.82) is 0 Å². The molecule has 0 aromatic heterocycles. The van der Waals surface area contributed by atoms with Gasteiger partial charge in [0.1, 0.15) is 0 Å². The summed E-state index contributed by atoms with van der Waals surface area (Å²) in [6.07, 6.45) is 11.0. The minimum atomic E-state index is 0. The van der Waals surface area contributed by atoms with Crippen LogP contribution < -0.4 is 0 Å². The molecule has 10 heavy (non-hydrogen) atoms. The zero-order chi connectivity index (χ0) is 4.24. The average Bonchev–Trinajstić information content (AvgIpc) is 1.72. The SMILES string of the molecule is C1=CCCC=C1.[CH3-].[CH3-].[CH3-].[Ru+3]. The van der Waals surface area contributed by atoms with Gasteiger partial charge in [0.25, 0.3) is 0 Å². The quantitative estimate of drug-likeness (QED) is 0.439. The molecule has 0 saturated heterocycles. The Kier molecular flexibility index (Phi) is 36.1. The standard InChI is InChI=1S/C6H8.3CH3.Ru/c1-2-4-6-5-3-1;;;;/h1-4H,5-6H2;3*1H3;/q;3*-1;+3. The molecule has 1 aliphatic carbocycles. The summed E-state index contributed by atoms with van der Waals surface area (Å²) in [6.45, 7) is 0. The molecule has 1 rings (SSSR count). The van der Waals surface area contributed by atoms with E-state index in [0.717, 1.165) is 0 Å². The maximum absolute atomic E-state index is 2.18. The normalized spacial score (nSPS) is 11.2. The fourth-order valence-corrected chi connectivity index (χ4v) is 0.542. The molecule has 1 aliphatic rings. The number of hydrogen-bond acceptors (Lipinski definition) is 0. The van der Waals surface area contributed by atoms with Crippen LogP contribution in [0.2, 0.25) is 0 Å². The van der Waals surface area contributed by atoms with Crippen LogP contribution in [0.3, 0.4) is 0 Å². The molecule has 0 unspecified atom stereocenters. The first-order chi connectivity index (χ1) is 3.00. The molecule has 0 bridgehead atoms. The molecule has 0 N–H and O–H groups in total. The summed E-state index contributed by atoms with van der Waals surface area (Å²) in [6, 6.07) is 0. The van der Waals surface area contributed by atoms with Crippen LogP contribution in [0, 0.1) is 22.3 Å². The topological polar surface area (TPSA) is 0 Å². The van der Waals surface area contributed by atoms with E-state index in [1.54, 1.807) is 0 Å². The van der Waals surface area contributed by atoms with E-state index >= 15 is 0 Å². The second-order valence-corrected chi connectivity index (χ2v) is 1.43. The Morgan fingerprint density at radius 3 is 1.10 bits per heavy atom. The summed E-state index contributed by atoms with van der Waals surface area (Å²) in [5.41, 5.74) is 0. The monoisotopic (exact) mass is 227 g/mol. The van der Waals surface area contributed by atoms with Crippen molar-refractivity contribution in [3.05, 3.63) is 46.6 Å². The molecule has 0 aromatic carbocycles. The van der Waals surface area contributed by atoms with E-state index < -0.39 is 0 Å². The molecule has 1 radical (unpaired) electrons. The first kappa shape index (κ1) is 22.5. The Balaban J connectivity index is -0.0000000450. The summed E-state index contributed by atoms with van der Waals surface area (Å²) < 4.78 is 0. The van der Waals surface area contributed by atoms with Gasteiger partial charge in [0.15, 0.2) is 0 Å². The van der Waals surface area contributed by atoms with Crippen molar-refractivity contribution in [2.75, 3.05) is 0 Å². The van der Waals surface area contributed by atoms with E-state index in [1.165, 1.54) is 12.8 Å². The van der Waals surface area contributed by atoms with Crippen molar-refractivity contribution in [3.63, 3.8) is 0 Å². The summed E-state index contributed by atoms with van der Waals surface area (Å²) in [7, 11) is 0. The van der Waals surface area contributed by atoms with E-state index in [2.05, 4.69) is 24.3 Å². The predicted octanol–water partition coefficient (Wildman–Crippen LogP) is 3.24. The first-order valence-electron chi connectivity index (χ1n) is 2.32. The minimum Gasteiger partial charge on any atom is -0.358 e. The van der Waals surface area contributed by atoms with Crippen LogP contribution in [0.15, 0.2) is 24.3 Å². The maximum Gasteiger partial charge on any atom is 3.00 e. The van der Waals surface area contributed by atoms with Gasteiger partial charge in [0.05, 0.1) is 0 Å². The van der Waals surface area contributed by atoms with E-state index in [1.807, 2.05) is 0 Å². The molecule has 0 amide bonds. The number of hydrogen-bond donors (Lipinski definition) is 0. The molecule has 0 heterocycles. The van der Waals surface area contributed by atoms with Crippen LogP contribution in [-0.2, 0) is 19.5 Å². The van der Waals surface area contributed by atoms with Crippen LogP contribution in [0.25, 0.3) is 0 Å². The smallest absolute Gasteiger partial charge is 0.358 e. The van der Waals surface area contributed by atoms with Crippen molar-refractivity contribution in [3.8, 4) is 0 Å². The van der Waals surface area contributed by atoms with E-state index in [4.69, 9.17) is 0 Å². The van der Waals surface area contributed by atoms with Crippen molar-refractivity contribution >= 4 is 0 Å². The van der Waals surface area contributed by atoms with Crippen molar-refractivity contribution in [2.45, 2.75) is 12.8 Å². The number of allylic oxidation sites excluding steroid dienone is 4. The molecule has 0 aliphatic heterocycles. The fraction of sp³-hybridized carbons (Fsp3) is 0.222. The predicted molar refractivity (Wildman–Crippen MR) is 46.8 cm³/mol. The second-order valence-electron chi connectivity index (χ2n) is 1.43. The van der Waals surface area contributed by atoms with Gasteiger partial charge < -0.3 is 22.3 Å². The fourth-order valence-electron chi connectivity index (χ4n) is 0.542. The van der Waals surface area contributed by atoms with Crippen LogP contribution >= 0.6 is 0 Å². The molecule has 0 nitrogen and oxygen atoms in total. The van der Waals surface area contributed by atoms with E-state index in [-0.39, 0.29) is 41.8 Å². The van der Waals surface area contributed by atoms with Gasteiger partial charge in [-0.3, -0.25) is 0 Å². The Labute approximate surface area is 79.2 Å². The summed E-state index contributed by atoms with van der Waals surface area (Å²) in [5, 5.41) is 0. The van der Waals surface area contributed by atoms with Crippen LogP contribution in [0.1, 0.15) is 12.8 Å². The van der Waals surface area contributed by atoms with Gasteiger partial charge in [-0.05, 0) is 12.8 Å². The molecule has 61 valence electrons. The van der Waals surface area contributed by atoms with Gasteiger partial charge in [-0.2, -0.15) is 0 Å². The van der Waals surface area contributed by atoms with Crippen LogP contribution in [0.5, 0.6) is 0 Å².